The quantitative estimate of drug-likeness (QED) is 0.0763. The Morgan fingerprint density at radius 1 is 0.284 bits per heavy atom. The van der Waals surface area contributed by atoms with E-state index < -0.39 is 45.2 Å². The number of aromatic hydroxyl groups is 2. The molecular weight excluding hydrogens is 1610 g/mol. The second-order valence-electron chi connectivity index (χ2n) is 30.7. The molecule has 2 fully saturated rings. The van der Waals surface area contributed by atoms with Gasteiger partial charge in [0.25, 0.3) is 0 Å². The maximum Gasteiger partial charge on any atom is 0.206 e. The van der Waals surface area contributed by atoms with Crippen molar-refractivity contribution in [3.05, 3.63) is 312 Å². The normalized spacial score (nSPS) is 15.5. The van der Waals surface area contributed by atoms with Gasteiger partial charge in [-0.25, -0.2) is 38.1 Å². The average Bonchev–Trinajstić information content (AvgIpc) is 0.760. The fourth-order valence-corrected chi connectivity index (χ4v) is 19.3. The van der Waals surface area contributed by atoms with Gasteiger partial charge in [-0.1, -0.05) is 83.3 Å². The number of hydrogen-bond acceptors (Lipinski definition) is 16. The molecule has 0 radical (unpaired) electrons. The Morgan fingerprint density at radius 3 is 0.672 bits per heavy atom. The summed E-state index contributed by atoms with van der Waals surface area (Å²) < 4.78 is 140. The van der Waals surface area contributed by atoms with Crippen LogP contribution >= 0.6 is 34.8 Å². The second kappa shape index (κ2) is 35.8. The summed E-state index contributed by atoms with van der Waals surface area (Å²) in [5, 5.41) is 19.7. The molecule has 0 aromatic heterocycles. The number of sulfone groups is 4. The van der Waals surface area contributed by atoms with Crippen molar-refractivity contribution in [2.45, 2.75) is 155 Å². The highest BCUT2D eigenvalue weighted by Crippen LogP contribution is 2.42. The molecule has 0 atom stereocenters. The van der Waals surface area contributed by atoms with Gasteiger partial charge in [0.1, 0.15) is 64.0 Å². The van der Waals surface area contributed by atoms with E-state index in [2.05, 4.69) is 79.3 Å². The number of ether oxygens (including phenoxy) is 4. The Kier molecular flexibility index (Phi) is 26.8. The highest BCUT2D eigenvalue weighted by atomic mass is 35.5. The molecule has 0 amide bonds. The molecule has 24 heteroatoms. The molecule has 2 saturated heterocycles. The molecule has 0 spiro atoms. The van der Waals surface area contributed by atoms with E-state index in [0.717, 1.165) is 60.1 Å². The zero-order chi connectivity index (χ0) is 83.8. The summed E-state index contributed by atoms with van der Waals surface area (Å²) in [5.41, 5.74) is 3.94. The lowest BCUT2D eigenvalue weighted by molar-refractivity contribution is -0.0560. The minimum absolute atomic E-state index is 0.0122. The zero-order valence-corrected chi connectivity index (χ0v) is 71.1. The molecule has 604 valence electrons. The SMILES string of the molecule is CN1C(C)(C)CC(Oc2ccc(S(=O)(=O)c3ccc(F)cc3)cc2)CC1(C)C.CN1C(C)(C)CC(Oc2ccc(S(=O)(=O)c3ccc(Oc4ccc(-c5ccc(Oc6ccc(S(=O)(=O)c7ccc(Cl)cc7)cc6)cc5)cc4)cc3)cc2)CC1(C)C.O=S(=O)(c1ccc(Cl)cc1)c1ccc(Cl)cc1.Oc1ccc(-c2ccc(O)cc2)cc1. The molecule has 12 aromatic rings. The molecule has 16 nitrogen and oxygen atoms in total. The lowest BCUT2D eigenvalue weighted by atomic mass is 9.78. The highest BCUT2D eigenvalue weighted by Gasteiger charge is 2.45. The van der Waals surface area contributed by atoms with Gasteiger partial charge in [0, 0.05) is 62.9 Å². The zero-order valence-electron chi connectivity index (χ0n) is 65.5. The summed E-state index contributed by atoms with van der Waals surface area (Å²) in [6.45, 7) is 17.7. The number of halogens is 4. The number of benzene rings is 12. The molecular formula is C92H90Cl3FN2O14S4. The molecule has 2 aliphatic heterocycles. The number of likely N-dealkylation sites (tertiary alicyclic amines) is 2. The van der Waals surface area contributed by atoms with Crippen LogP contribution < -0.4 is 18.9 Å². The molecule has 2 N–H and O–H groups in total. The monoisotopic (exact) mass is 1700 g/mol. The van der Waals surface area contributed by atoms with Crippen LogP contribution in [0.5, 0.6) is 46.0 Å². The van der Waals surface area contributed by atoms with Crippen molar-refractivity contribution in [2.75, 3.05) is 14.1 Å². The summed E-state index contributed by atoms with van der Waals surface area (Å²) >= 11 is 17.3. The molecule has 0 aliphatic carbocycles. The van der Waals surface area contributed by atoms with Crippen LogP contribution in [0.15, 0.2) is 330 Å². The van der Waals surface area contributed by atoms with Gasteiger partial charge >= 0.3 is 0 Å². The third kappa shape index (κ3) is 21.6. The van der Waals surface area contributed by atoms with Gasteiger partial charge in [-0.2, -0.15) is 0 Å². The summed E-state index contributed by atoms with van der Waals surface area (Å²) in [7, 11) is -10.3. The molecule has 116 heavy (non-hydrogen) atoms. The van der Waals surface area contributed by atoms with E-state index in [0.29, 0.717) is 49.6 Å². The van der Waals surface area contributed by atoms with E-state index in [9.17, 15) is 38.1 Å². The summed E-state index contributed by atoms with van der Waals surface area (Å²) in [6.07, 6.45) is 3.62. The predicted molar refractivity (Wildman–Crippen MR) is 455 cm³/mol. The summed E-state index contributed by atoms with van der Waals surface area (Å²) in [4.78, 5) is 6.13. The Labute approximate surface area is 695 Å². The van der Waals surface area contributed by atoms with Gasteiger partial charge in [-0.3, -0.25) is 9.80 Å². The summed E-state index contributed by atoms with van der Waals surface area (Å²) in [6, 6.07) is 77.8. The Hall–Kier alpha value is -10.0. The van der Waals surface area contributed by atoms with Gasteiger partial charge in [-0.15, -0.1) is 0 Å². The van der Waals surface area contributed by atoms with E-state index in [1.54, 1.807) is 146 Å². The third-order valence-corrected chi connectivity index (χ3v) is 28.7. The van der Waals surface area contributed by atoms with Crippen LogP contribution in [0.3, 0.4) is 0 Å². The molecule has 12 aromatic carbocycles. The minimum atomic E-state index is -3.75. The summed E-state index contributed by atoms with van der Waals surface area (Å²) in [5.74, 6) is 3.56. The van der Waals surface area contributed by atoms with E-state index in [1.807, 2.05) is 72.8 Å². The molecule has 0 saturated carbocycles. The standard InChI is InChI=1S/C46H44ClNO7S2.C22H28FNO3S.C12H8Cl2O2S.C12H10O2/c1-45(2)30-40(31-46(3,4)48(45)5)55-39-20-28-44(29-21-39)57(51,52)43-26-18-38(19-27-43)54-36-14-8-33(9-15-36)32-6-12-35(13-7-32)53-37-16-24-42(25-17-37)56(49,50)41-22-10-34(47)11-23-41;1-21(2)14-18(15-22(3,4)24(21)5)27-17-8-12-20(13-9-17)28(25,26)19-10-6-16(23)7-11-19;13-9-1-5-11(6-2-9)17(15,16)12-7-3-10(14)4-8-12;13-11-5-1-9(2-6-11)10-3-7-12(14)8-4-10/h6-29,40H,30-31H2,1-5H3;6-13,18H,14-15H2,1-5H3;1-8H;1-8,13-14H. The second-order valence-corrected chi connectivity index (χ2v) is 39.8. The number of nitrogens with zero attached hydrogens (tertiary/aromatic N) is 2. The average molecular weight is 1700 g/mol. The Bertz CT molecular complexity index is 5690. The van der Waals surface area contributed by atoms with Crippen molar-refractivity contribution < 1.29 is 67.2 Å². The van der Waals surface area contributed by atoms with Crippen molar-refractivity contribution in [1.29, 1.82) is 0 Å². The highest BCUT2D eigenvalue weighted by molar-refractivity contribution is 7.92. The lowest BCUT2D eigenvalue weighted by Crippen LogP contribution is -2.60. The maximum absolute atomic E-state index is 13.5. The molecule has 2 aliphatic rings. The Morgan fingerprint density at radius 2 is 0.457 bits per heavy atom. The fourth-order valence-electron chi connectivity index (χ4n) is 13.9. The van der Waals surface area contributed by atoms with Crippen molar-refractivity contribution in [3.63, 3.8) is 0 Å². The first-order chi connectivity index (χ1) is 54.7. The van der Waals surface area contributed by atoms with Crippen molar-refractivity contribution in [3.8, 4) is 68.2 Å². The van der Waals surface area contributed by atoms with Crippen molar-refractivity contribution >= 4 is 74.2 Å². The molecule has 2 heterocycles. The smallest absolute Gasteiger partial charge is 0.206 e. The maximum atomic E-state index is 13.5. The van der Waals surface area contributed by atoms with Crippen LogP contribution in [0.25, 0.3) is 22.3 Å². The van der Waals surface area contributed by atoms with Gasteiger partial charge in [0.15, 0.2) is 0 Å². The topological polar surface area (TPSA) is 220 Å². The van der Waals surface area contributed by atoms with Gasteiger partial charge in [0.2, 0.25) is 39.3 Å². The first-order valence-corrected chi connectivity index (χ1v) is 44.1. The minimum Gasteiger partial charge on any atom is -0.508 e. The number of piperidine rings is 2. The van der Waals surface area contributed by atoms with Gasteiger partial charge in [0.05, 0.1) is 39.2 Å². The predicted octanol–water partition coefficient (Wildman–Crippen LogP) is 22.6. The number of hydrogen-bond donors (Lipinski definition) is 2. The van der Waals surface area contributed by atoms with E-state index in [1.165, 1.54) is 60.7 Å². The first-order valence-electron chi connectivity index (χ1n) is 37.1. The van der Waals surface area contributed by atoms with Crippen LogP contribution in [0.2, 0.25) is 15.1 Å². The molecule has 14 rings (SSSR count). The first kappa shape index (κ1) is 86.8. The number of phenolic OH excluding ortho intramolecular Hbond substituents is 2. The largest absolute Gasteiger partial charge is 0.508 e. The van der Waals surface area contributed by atoms with E-state index in [-0.39, 0.29) is 85.0 Å². The van der Waals surface area contributed by atoms with Crippen molar-refractivity contribution in [2.24, 2.45) is 0 Å². The van der Waals surface area contributed by atoms with E-state index >= 15 is 0 Å². The van der Waals surface area contributed by atoms with Crippen LogP contribution in [0.1, 0.15) is 81.1 Å². The van der Waals surface area contributed by atoms with Crippen LogP contribution in [-0.4, -0.2) is 102 Å². The number of rotatable bonds is 18. The van der Waals surface area contributed by atoms with Crippen LogP contribution in [0, 0.1) is 5.82 Å². The van der Waals surface area contributed by atoms with Crippen LogP contribution in [0.4, 0.5) is 4.39 Å². The van der Waals surface area contributed by atoms with Crippen molar-refractivity contribution in [1.82, 2.24) is 9.80 Å². The lowest BCUT2D eigenvalue weighted by Gasteiger charge is -2.53. The number of phenols is 2. The fraction of sp³-hybridized carbons (Fsp3) is 0.217. The van der Waals surface area contributed by atoms with Gasteiger partial charge in [-0.05, 0) is 334 Å². The van der Waals surface area contributed by atoms with E-state index in [4.69, 9.17) is 64.0 Å². The molecule has 0 unspecified atom stereocenters. The third-order valence-electron chi connectivity index (χ3n) is 20.8. The molecule has 0 bridgehead atoms. The van der Waals surface area contributed by atoms with Gasteiger partial charge < -0.3 is 29.2 Å². The Balaban J connectivity index is 0.000000182. The van der Waals surface area contributed by atoms with Crippen LogP contribution in [-0.2, 0) is 39.3 Å².